The number of nitrogens with one attached hydrogen (secondary N) is 1. The molecule has 0 bridgehead atoms. The smallest absolute Gasteiger partial charge is 0.251 e. The molecule has 1 N–H and O–H groups in total. The molecule has 0 unspecified atom stereocenters. The lowest BCUT2D eigenvalue weighted by Gasteiger charge is -2.26. The van der Waals surface area contributed by atoms with E-state index in [0.29, 0.717) is 18.9 Å². The molecule has 0 spiro atoms. The van der Waals surface area contributed by atoms with Crippen molar-refractivity contribution in [1.82, 2.24) is 8.87 Å². The maximum atomic E-state index is 12.8. The fraction of sp³-hybridized carbons (Fsp3) is 0.368. The molecular weight excluding hydrogens is 382 g/mol. The fourth-order valence-corrected chi connectivity index (χ4v) is 4.44. The predicted molar refractivity (Wildman–Crippen MR) is 105 cm³/mol. The second kappa shape index (κ2) is 8.68. The highest BCUT2D eigenvalue weighted by Crippen LogP contribution is 2.17. The van der Waals surface area contributed by atoms with Crippen molar-refractivity contribution in [2.75, 3.05) is 31.6 Å². The van der Waals surface area contributed by atoms with E-state index < -0.39 is 21.5 Å². The van der Waals surface area contributed by atoms with Crippen LogP contribution in [0.5, 0.6) is 0 Å². The Bertz CT molecular complexity index is 1010. The van der Waals surface area contributed by atoms with Crippen LogP contribution < -0.4 is 10.9 Å². The molecule has 0 atom stereocenters. The number of aromatic nitrogens is 1. The molecule has 0 radical (unpaired) electrons. The van der Waals surface area contributed by atoms with Crippen LogP contribution in [0.15, 0.2) is 52.3 Å². The predicted octanol–water partition coefficient (Wildman–Crippen LogP) is 1.07. The molecule has 1 fully saturated rings. The third-order valence-corrected chi connectivity index (χ3v) is 6.43. The average Bonchev–Trinajstić information content (AvgIpc) is 2.70. The lowest BCUT2D eigenvalue weighted by molar-refractivity contribution is -0.116. The number of benzene rings is 1. The number of carbonyl (C=O) groups is 1. The van der Waals surface area contributed by atoms with Crippen LogP contribution in [0.1, 0.15) is 12.5 Å². The van der Waals surface area contributed by atoms with Gasteiger partial charge in [0.1, 0.15) is 6.54 Å². The van der Waals surface area contributed by atoms with Gasteiger partial charge in [0.15, 0.2) is 0 Å². The normalized spacial score (nSPS) is 15.3. The Hall–Kier alpha value is -2.49. The molecule has 3 rings (SSSR count). The van der Waals surface area contributed by atoms with E-state index in [0.717, 1.165) is 16.6 Å². The first-order chi connectivity index (χ1) is 13.4. The van der Waals surface area contributed by atoms with Gasteiger partial charge in [0.25, 0.3) is 5.56 Å². The molecular formula is C19H23N3O5S. The standard InChI is InChI=1S/C19H23N3O5S/c1-2-15-5-3-4-6-17(15)20-18(23)14-21-13-16(7-8-19(21)24)28(25,26)22-9-11-27-12-10-22/h3-8,13H,2,9-12,14H2,1H3,(H,20,23). The number of carbonyl (C=O) groups excluding carboxylic acids is 1. The van der Waals surface area contributed by atoms with Crippen molar-refractivity contribution in [2.45, 2.75) is 24.8 Å². The highest BCUT2D eigenvalue weighted by Gasteiger charge is 2.27. The van der Waals surface area contributed by atoms with Crippen LogP contribution in [0.25, 0.3) is 0 Å². The van der Waals surface area contributed by atoms with E-state index in [2.05, 4.69) is 5.32 Å². The van der Waals surface area contributed by atoms with Crippen LogP contribution in [0.2, 0.25) is 0 Å². The van der Waals surface area contributed by atoms with Crippen LogP contribution in [-0.4, -0.2) is 49.5 Å². The topological polar surface area (TPSA) is 97.7 Å². The Morgan fingerprint density at radius 1 is 1.14 bits per heavy atom. The number of rotatable bonds is 6. The molecule has 1 aliphatic rings. The zero-order chi connectivity index (χ0) is 20.1. The molecule has 0 saturated carbocycles. The third kappa shape index (κ3) is 4.49. The first kappa shape index (κ1) is 20.2. The summed E-state index contributed by atoms with van der Waals surface area (Å²) >= 11 is 0. The Morgan fingerprint density at radius 2 is 1.86 bits per heavy atom. The molecule has 0 aliphatic carbocycles. The monoisotopic (exact) mass is 405 g/mol. The minimum Gasteiger partial charge on any atom is -0.379 e. The van der Waals surface area contributed by atoms with E-state index in [-0.39, 0.29) is 24.5 Å². The summed E-state index contributed by atoms with van der Waals surface area (Å²) in [5.74, 6) is -0.399. The highest BCUT2D eigenvalue weighted by molar-refractivity contribution is 7.89. The summed E-state index contributed by atoms with van der Waals surface area (Å²) in [5, 5.41) is 2.78. The van der Waals surface area contributed by atoms with Crippen LogP contribution in [0, 0.1) is 0 Å². The quantitative estimate of drug-likeness (QED) is 0.775. The van der Waals surface area contributed by atoms with Crippen molar-refractivity contribution in [3.8, 4) is 0 Å². The number of anilines is 1. The summed E-state index contributed by atoms with van der Waals surface area (Å²) in [6.07, 6.45) is 1.97. The SMILES string of the molecule is CCc1ccccc1NC(=O)Cn1cc(S(=O)(=O)N2CCOCC2)ccc1=O. The van der Waals surface area contributed by atoms with Gasteiger partial charge in [-0.1, -0.05) is 25.1 Å². The molecule has 2 heterocycles. The van der Waals surface area contributed by atoms with E-state index in [9.17, 15) is 18.0 Å². The number of hydrogen-bond acceptors (Lipinski definition) is 5. The molecule has 28 heavy (non-hydrogen) atoms. The van der Waals surface area contributed by atoms with Crippen LogP contribution in [-0.2, 0) is 32.5 Å². The number of nitrogens with zero attached hydrogens (tertiary/aromatic N) is 2. The van der Waals surface area contributed by atoms with Crippen molar-refractivity contribution >= 4 is 21.6 Å². The molecule has 2 aromatic rings. The Balaban J connectivity index is 1.80. The average molecular weight is 405 g/mol. The van der Waals surface area contributed by atoms with E-state index in [4.69, 9.17) is 4.74 Å². The number of amides is 1. The van der Waals surface area contributed by atoms with Gasteiger partial charge in [0, 0.05) is 31.0 Å². The molecule has 1 aliphatic heterocycles. The maximum absolute atomic E-state index is 12.8. The molecule has 1 saturated heterocycles. The molecule has 1 aromatic heterocycles. The Morgan fingerprint density at radius 3 is 2.57 bits per heavy atom. The van der Waals surface area contributed by atoms with Crippen LogP contribution in [0.3, 0.4) is 0 Å². The van der Waals surface area contributed by atoms with Gasteiger partial charge >= 0.3 is 0 Å². The van der Waals surface area contributed by atoms with Crippen molar-refractivity contribution < 1.29 is 17.9 Å². The minimum absolute atomic E-state index is 0.0178. The third-order valence-electron chi connectivity index (χ3n) is 4.55. The second-order valence-electron chi connectivity index (χ2n) is 6.41. The van der Waals surface area contributed by atoms with E-state index >= 15 is 0 Å². The van der Waals surface area contributed by atoms with Crippen molar-refractivity contribution in [1.29, 1.82) is 0 Å². The first-order valence-electron chi connectivity index (χ1n) is 9.08. The van der Waals surface area contributed by atoms with Crippen molar-refractivity contribution in [3.63, 3.8) is 0 Å². The summed E-state index contributed by atoms with van der Waals surface area (Å²) in [6, 6.07) is 9.85. The van der Waals surface area contributed by atoms with Gasteiger partial charge < -0.3 is 14.6 Å². The van der Waals surface area contributed by atoms with E-state index in [1.807, 2.05) is 25.1 Å². The lowest BCUT2D eigenvalue weighted by Crippen LogP contribution is -2.41. The van der Waals surface area contributed by atoms with E-state index in [1.165, 1.54) is 22.6 Å². The van der Waals surface area contributed by atoms with Gasteiger partial charge in [-0.15, -0.1) is 0 Å². The summed E-state index contributed by atoms with van der Waals surface area (Å²) in [6.45, 7) is 2.89. The van der Waals surface area contributed by atoms with E-state index in [1.54, 1.807) is 6.07 Å². The van der Waals surface area contributed by atoms with Gasteiger partial charge in [0.05, 0.1) is 18.1 Å². The van der Waals surface area contributed by atoms with Gasteiger partial charge in [-0.25, -0.2) is 8.42 Å². The zero-order valence-electron chi connectivity index (χ0n) is 15.6. The number of aryl methyl sites for hydroxylation is 1. The number of para-hydroxylation sites is 1. The van der Waals surface area contributed by atoms with Crippen molar-refractivity contribution in [3.05, 3.63) is 58.5 Å². The molecule has 1 aromatic carbocycles. The number of morpholine rings is 1. The summed E-state index contributed by atoms with van der Waals surface area (Å²) in [7, 11) is -3.74. The second-order valence-corrected chi connectivity index (χ2v) is 8.34. The number of sulfonamides is 1. The lowest BCUT2D eigenvalue weighted by atomic mass is 10.1. The largest absolute Gasteiger partial charge is 0.379 e. The molecule has 1 amide bonds. The van der Waals surface area contributed by atoms with Crippen molar-refractivity contribution in [2.24, 2.45) is 0 Å². The van der Waals surface area contributed by atoms with Crippen LogP contribution >= 0.6 is 0 Å². The molecule has 9 heteroatoms. The molecule has 8 nitrogen and oxygen atoms in total. The van der Waals surface area contributed by atoms with Gasteiger partial charge in [0.2, 0.25) is 15.9 Å². The Kier molecular flexibility index (Phi) is 6.28. The zero-order valence-corrected chi connectivity index (χ0v) is 16.4. The van der Waals surface area contributed by atoms with Gasteiger partial charge in [-0.3, -0.25) is 9.59 Å². The molecule has 150 valence electrons. The Labute approximate surface area is 163 Å². The first-order valence-corrected chi connectivity index (χ1v) is 10.5. The highest BCUT2D eigenvalue weighted by atomic mass is 32.2. The fourth-order valence-electron chi connectivity index (χ4n) is 3.02. The summed E-state index contributed by atoms with van der Waals surface area (Å²) in [4.78, 5) is 24.5. The van der Waals surface area contributed by atoms with Gasteiger partial charge in [-0.2, -0.15) is 4.31 Å². The summed E-state index contributed by atoms with van der Waals surface area (Å²) < 4.78 is 33.1. The minimum atomic E-state index is -3.74. The summed E-state index contributed by atoms with van der Waals surface area (Å²) in [5.41, 5.74) is 1.21. The number of ether oxygens (including phenoxy) is 1. The van der Waals surface area contributed by atoms with Gasteiger partial charge in [-0.05, 0) is 24.1 Å². The van der Waals surface area contributed by atoms with Crippen LogP contribution in [0.4, 0.5) is 5.69 Å². The maximum Gasteiger partial charge on any atom is 0.251 e. The number of hydrogen-bond donors (Lipinski definition) is 1. The number of pyridine rings is 1.